The molecule has 1 unspecified atom stereocenters. The van der Waals surface area contributed by atoms with Crippen LogP contribution in [0.25, 0.3) is 10.8 Å². The molecule has 0 spiro atoms. The van der Waals surface area contributed by atoms with Gasteiger partial charge in [-0.1, -0.05) is 30.3 Å². The molecule has 0 bridgehead atoms. The standard InChI is InChI=1S/C19H20N2O3/c1-13-7-10-17(24-13)19(2,23)12-20-18(22)21-16-9-8-14-5-3-4-6-15(14)11-16/h3-11,23H,12H2,1-2H3,(H2,20,21,22). The molecule has 0 radical (unpaired) electrons. The predicted molar refractivity (Wildman–Crippen MR) is 94.0 cm³/mol. The van der Waals surface area contributed by atoms with Gasteiger partial charge in [-0.2, -0.15) is 0 Å². The lowest BCUT2D eigenvalue weighted by atomic mass is 10.0. The first-order valence-corrected chi connectivity index (χ1v) is 7.77. The molecular weight excluding hydrogens is 304 g/mol. The van der Waals surface area contributed by atoms with Gasteiger partial charge in [0.15, 0.2) is 0 Å². The number of urea groups is 1. The van der Waals surface area contributed by atoms with Crippen LogP contribution in [0.5, 0.6) is 0 Å². The van der Waals surface area contributed by atoms with Crippen molar-refractivity contribution >= 4 is 22.5 Å². The minimum atomic E-state index is -1.27. The maximum atomic E-state index is 12.1. The highest BCUT2D eigenvalue weighted by molar-refractivity contribution is 5.93. The van der Waals surface area contributed by atoms with Gasteiger partial charge in [-0.3, -0.25) is 0 Å². The Morgan fingerprint density at radius 1 is 1.12 bits per heavy atom. The molecular formula is C19H20N2O3. The van der Waals surface area contributed by atoms with Crippen molar-refractivity contribution in [1.29, 1.82) is 0 Å². The third-order valence-electron chi connectivity index (χ3n) is 3.87. The number of benzene rings is 2. The van der Waals surface area contributed by atoms with Crippen LogP contribution in [0, 0.1) is 6.92 Å². The fourth-order valence-corrected chi connectivity index (χ4v) is 2.51. The van der Waals surface area contributed by atoms with Crippen molar-refractivity contribution in [2.24, 2.45) is 0 Å². The zero-order chi connectivity index (χ0) is 17.2. The maximum Gasteiger partial charge on any atom is 0.319 e. The van der Waals surface area contributed by atoms with Crippen LogP contribution >= 0.6 is 0 Å². The summed E-state index contributed by atoms with van der Waals surface area (Å²) < 4.78 is 5.43. The van der Waals surface area contributed by atoms with Gasteiger partial charge in [0.05, 0.1) is 6.54 Å². The minimum Gasteiger partial charge on any atom is -0.463 e. The summed E-state index contributed by atoms with van der Waals surface area (Å²) in [6, 6.07) is 16.7. The van der Waals surface area contributed by atoms with Gasteiger partial charge in [0.25, 0.3) is 0 Å². The first-order chi connectivity index (χ1) is 11.4. The molecule has 0 aliphatic heterocycles. The van der Waals surface area contributed by atoms with Crippen molar-refractivity contribution in [2.75, 3.05) is 11.9 Å². The van der Waals surface area contributed by atoms with Crippen LogP contribution in [0.3, 0.4) is 0 Å². The lowest BCUT2D eigenvalue weighted by Gasteiger charge is -2.21. The van der Waals surface area contributed by atoms with E-state index in [2.05, 4.69) is 10.6 Å². The van der Waals surface area contributed by atoms with Crippen molar-refractivity contribution < 1.29 is 14.3 Å². The zero-order valence-corrected chi connectivity index (χ0v) is 13.7. The Hall–Kier alpha value is -2.79. The number of hydrogen-bond donors (Lipinski definition) is 3. The molecule has 3 rings (SSSR count). The van der Waals surface area contributed by atoms with Gasteiger partial charge in [-0.05, 0) is 48.9 Å². The molecule has 0 aliphatic carbocycles. The Bertz CT molecular complexity index is 868. The Balaban J connectivity index is 1.62. The molecule has 0 fully saturated rings. The van der Waals surface area contributed by atoms with E-state index in [4.69, 9.17) is 4.42 Å². The molecule has 5 heteroatoms. The Kier molecular flexibility index (Phi) is 4.27. The molecule has 1 heterocycles. The van der Waals surface area contributed by atoms with E-state index >= 15 is 0 Å². The zero-order valence-electron chi connectivity index (χ0n) is 13.7. The Labute approximate surface area is 140 Å². The number of carbonyl (C=O) groups is 1. The molecule has 3 aromatic rings. The molecule has 0 aliphatic rings. The molecule has 124 valence electrons. The fraction of sp³-hybridized carbons (Fsp3) is 0.211. The number of aliphatic hydroxyl groups is 1. The summed E-state index contributed by atoms with van der Waals surface area (Å²) in [5.74, 6) is 1.14. The minimum absolute atomic E-state index is 0.0410. The summed E-state index contributed by atoms with van der Waals surface area (Å²) in [6.07, 6.45) is 0. The van der Waals surface area contributed by atoms with Crippen molar-refractivity contribution in [2.45, 2.75) is 19.4 Å². The average Bonchev–Trinajstić information content (AvgIpc) is 3.00. The molecule has 1 atom stereocenters. The van der Waals surface area contributed by atoms with Crippen LogP contribution in [0.4, 0.5) is 10.5 Å². The normalized spacial score (nSPS) is 13.5. The monoisotopic (exact) mass is 324 g/mol. The van der Waals surface area contributed by atoms with Gasteiger partial charge in [0.2, 0.25) is 0 Å². The van der Waals surface area contributed by atoms with Crippen LogP contribution < -0.4 is 10.6 Å². The van der Waals surface area contributed by atoms with E-state index in [9.17, 15) is 9.90 Å². The SMILES string of the molecule is Cc1ccc(C(C)(O)CNC(=O)Nc2ccc3ccccc3c2)o1. The van der Waals surface area contributed by atoms with E-state index in [1.165, 1.54) is 0 Å². The third-order valence-corrected chi connectivity index (χ3v) is 3.87. The molecule has 0 saturated heterocycles. The first-order valence-electron chi connectivity index (χ1n) is 7.77. The van der Waals surface area contributed by atoms with Crippen molar-refractivity contribution in [3.63, 3.8) is 0 Å². The van der Waals surface area contributed by atoms with Gasteiger partial charge in [-0.15, -0.1) is 0 Å². The number of fused-ring (bicyclic) bond motifs is 1. The Morgan fingerprint density at radius 2 is 1.88 bits per heavy atom. The number of anilines is 1. The fourth-order valence-electron chi connectivity index (χ4n) is 2.51. The van der Waals surface area contributed by atoms with Gasteiger partial charge in [-0.25, -0.2) is 4.79 Å². The predicted octanol–water partition coefficient (Wildman–Crippen LogP) is 3.77. The lowest BCUT2D eigenvalue weighted by Crippen LogP contribution is -2.40. The smallest absolute Gasteiger partial charge is 0.319 e. The van der Waals surface area contributed by atoms with E-state index in [1.807, 2.05) is 42.5 Å². The van der Waals surface area contributed by atoms with Gasteiger partial charge < -0.3 is 20.2 Å². The highest BCUT2D eigenvalue weighted by atomic mass is 16.4. The number of furan rings is 1. The number of carbonyl (C=O) groups excluding carboxylic acids is 1. The van der Waals surface area contributed by atoms with Crippen LogP contribution in [0.2, 0.25) is 0 Å². The average molecular weight is 324 g/mol. The number of rotatable bonds is 4. The summed E-state index contributed by atoms with van der Waals surface area (Å²) in [5.41, 5.74) is -0.575. The highest BCUT2D eigenvalue weighted by Gasteiger charge is 2.27. The second-order valence-corrected chi connectivity index (χ2v) is 6.05. The summed E-state index contributed by atoms with van der Waals surface area (Å²) in [6.45, 7) is 3.44. The van der Waals surface area contributed by atoms with Crippen LogP contribution in [-0.2, 0) is 5.60 Å². The summed E-state index contributed by atoms with van der Waals surface area (Å²) in [4.78, 5) is 12.1. The Morgan fingerprint density at radius 3 is 2.58 bits per heavy atom. The highest BCUT2D eigenvalue weighted by Crippen LogP contribution is 2.22. The molecule has 5 nitrogen and oxygen atoms in total. The summed E-state index contributed by atoms with van der Waals surface area (Å²) in [7, 11) is 0. The van der Waals surface area contributed by atoms with E-state index < -0.39 is 5.60 Å². The molecule has 3 N–H and O–H groups in total. The van der Waals surface area contributed by atoms with Crippen LogP contribution in [-0.4, -0.2) is 17.7 Å². The second kappa shape index (κ2) is 6.37. The quantitative estimate of drug-likeness (QED) is 0.684. The topological polar surface area (TPSA) is 74.5 Å². The van der Waals surface area contributed by atoms with E-state index in [1.54, 1.807) is 26.0 Å². The molecule has 2 aromatic carbocycles. The lowest BCUT2D eigenvalue weighted by molar-refractivity contribution is 0.0364. The van der Waals surface area contributed by atoms with Crippen molar-refractivity contribution in [3.05, 3.63) is 66.1 Å². The number of hydrogen-bond acceptors (Lipinski definition) is 3. The number of amides is 2. The number of aryl methyl sites for hydroxylation is 1. The summed E-state index contributed by atoms with van der Waals surface area (Å²) >= 11 is 0. The van der Waals surface area contributed by atoms with Crippen molar-refractivity contribution in [3.8, 4) is 0 Å². The second-order valence-electron chi connectivity index (χ2n) is 6.05. The van der Waals surface area contributed by atoms with Gasteiger partial charge in [0, 0.05) is 5.69 Å². The molecule has 2 amide bonds. The van der Waals surface area contributed by atoms with E-state index in [-0.39, 0.29) is 12.6 Å². The molecule has 0 saturated carbocycles. The third kappa shape index (κ3) is 3.58. The van der Waals surface area contributed by atoms with Gasteiger partial charge in [0.1, 0.15) is 17.1 Å². The van der Waals surface area contributed by atoms with E-state index in [0.29, 0.717) is 17.2 Å². The largest absolute Gasteiger partial charge is 0.463 e. The first kappa shape index (κ1) is 16.1. The van der Waals surface area contributed by atoms with E-state index in [0.717, 1.165) is 10.8 Å². The maximum absolute atomic E-state index is 12.1. The molecule has 24 heavy (non-hydrogen) atoms. The summed E-state index contributed by atoms with van der Waals surface area (Å²) in [5, 5.41) is 18.0. The molecule has 1 aromatic heterocycles. The van der Waals surface area contributed by atoms with Crippen LogP contribution in [0.15, 0.2) is 59.0 Å². The van der Waals surface area contributed by atoms with Crippen molar-refractivity contribution in [1.82, 2.24) is 5.32 Å². The van der Waals surface area contributed by atoms with Gasteiger partial charge >= 0.3 is 6.03 Å². The number of nitrogens with one attached hydrogen (secondary N) is 2. The van der Waals surface area contributed by atoms with Crippen LogP contribution in [0.1, 0.15) is 18.4 Å².